The topological polar surface area (TPSA) is 144 Å². The van der Waals surface area contributed by atoms with Crippen molar-refractivity contribution in [3.05, 3.63) is 54.1 Å². The van der Waals surface area contributed by atoms with Crippen LogP contribution in [0.25, 0.3) is 0 Å². The predicted octanol–water partition coefficient (Wildman–Crippen LogP) is 2.51. The van der Waals surface area contributed by atoms with Crippen molar-refractivity contribution < 1.29 is 42.4 Å². The lowest BCUT2D eigenvalue weighted by atomic mass is 10.0. The van der Waals surface area contributed by atoms with Gasteiger partial charge in [0.25, 0.3) is 0 Å². The minimum Gasteiger partial charge on any atom is -0.508 e. The van der Waals surface area contributed by atoms with Crippen molar-refractivity contribution in [2.45, 2.75) is 56.1 Å². The van der Waals surface area contributed by atoms with E-state index in [4.69, 9.17) is 18.9 Å². The Labute approximate surface area is 235 Å². The molecule has 40 heavy (non-hydrogen) atoms. The van der Waals surface area contributed by atoms with Gasteiger partial charge in [0.05, 0.1) is 43.3 Å². The van der Waals surface area contributed by atoms with Crippen LogP contribution in [0, 0.1) is 11.8 Å². The average Bonchev–Trinajstić information content (AvgIpc) is 3.54. The second kappa shape index (κ2) is 13.2. The molecule has 0 spiro atoms. The Morgan fingerprint density at radius 2 is 1.80 bits per heavy atom. The summed E-state index contributed by atoms with van der Waals surface area (Å²) < 4.78 is 50.2. The lowest BCUT2D eigenvalue weighted by Crippen LogP contribution is -2.51. The first kappa shape index (κ1) is 30.1. The van der Waals surface area contributed by atoms with Crippen molar-refractivity contribution in [1.82, 2.24) is 9.62 Å². The first-order valence-corrected chi connectivity index (χ1v) is 14.8. The summed E-state index contributed by atoms with van der Waals surface area (Å²) in [5.41, 5.74) is 0.726. The lowest BCUT2D eigenvalue weighted by molar-refractivity contribution is -0.0907. The third-order valence-electron chi connectivity index (χ3n) is 7.06. The largest absolute Gasteiger partial charge is 0.508 e. The molecule has 11 nitrogen and oxygen atoms in total. The van der Waals surface area contributed by atoms with Crippen LogP contribution in [-0.2, 0) is 30.7 Å². The van der Waals surface area contributed by atoms with Gasteiger partial charge in [-0.15, -0.1) is 0 Å². The Balaban J connectivity index is 1.52. The highest BCUT2D eigenvalue weighted by atomic mass is 32.2. The lowest BCUT2D eigenvalue weighted by Gasteiger charge is -2.31. The Morgan fingerprint density at radius 1 is 1.10 bits per heavy atom. The number of aliphatic hydroxyl groups is 1. The van der Waals surface area contributed by atoms with Gasteiger partial charge in [0.1, 0.15) is 17.6 Å². The Hall–Kier alpha value is -2.90. The van der Waals surface area contributed by atoms with Gasteiger partial charge in [0, 0.05) is 13.1 Å². The van der Waals surface area contributed by atoms with Crippen LogP contribution in [0.5, 0.6) is 11.5 Å². The molecule has 2 saturated heterocycles. The molecule has 2 heterocycles. The number of aliphatic hydroxyl groups excluding tert-OH is 1. The highest BCUT2D eigenvalue weighted by Crippen LogP contribution is 2.33. The number of methoxy groups -OCH3 is 1. The molecule has 0 aliphatic carbocycles. The van der Waals surface area contributed by atoms with Gasteiger partial charge in [-0.05, 0) is 60.7 Å². The molecule has 0 radical (unpaired) electrons. The number of rotatable bonds is 12. The smallest absolute Gasteiger partial charge is 0.407 e. The monoisotopic (exact) mass is 578 g/mol. The summed E-state index contributed by atoms with van der Waals surface area (Å²) in [5.74, 6) is 0.519. The molecule has 0 bridgehead atoms. The maximum atomic E-state index is 13.6. The van der Waals surface area contributed by atoms with E-state index < -0.39 is 34.4 Å². The van der Waals surface area contributed by atoms with Gasteiger partial charge in [-0.25, -0.2) is 13.2 Å². The van der Waals surface area contributed by atoms with E-state index in [-0.39, 0.29) is 54.9 Å². The summed E-state index contributed by atoms with van der Waals surface area (Å²) in [7, 11) is -2.48. The van der Waals surface area contributed by atoms with Crippen LogP contribution >= 0.6 is 0 Å². The number of sulfonamides is 1. The number of phenols is 1. The van der Waals surface area contributed by atoms with E-state index in [1.54, 1.807) is 24.3 Å². The normalized spacial score (nSPS) is 22.2. The maximum absolute atomic E-state index is 13.6. The second-order valence-electron chi connectivity index (χ2n) is 10.5. The average molecular weight is 579 g/mol. The van der Waals surface area contributed by atoms with Crippen LogP contribution in [0.3, 0.4) is 0 Å². The van der Waals surface area contributed by atoms with Gasteiger partial charge >= 0.3 is 6.09 Å². The summed E-state index contributed by atoms with van der Waals surface area (Å²) in [5, 5.41) is 23.8. The molecule has 2 aromatic carbocycles. The van der Waals surface area contributed by atoms with Crippen LogP contribution in [0.15, 0.2) is 53.4 Å². The van der Waals surface area contributed by atoms with E-state index in [0.29, 0.717) is 12.4 Å². The van der Waals surface area contributed by atoms with Gasteiger partial charge in [-0.2, -0.15) is 4.31 Å². The molecule has 2 fully saturated rings. The van der Waals surface area contributed by atoms with Gasteiger partial charge in [0.2, 0.25) is 10.0 Å². The molecular formula is C28H38N2O9S. The molecule has 2 aliphatic rings. The van der Waals surface area contributed by atoms with Crippen LogP contribution in [0.4, 0.5) is 4.79 Å². The van der Waals surface area contributed by atoms with Gasteiger partial charge < -0.3 is 34.5 Å². The van der Waals surface area contributed by atoms with E-state index in [9.17, 15) is 23.4 Å². The van der Waals surface area contributed by atoms with Crippen LogP contribution in [-0.4, -0.2) is 87.0 Å². The number of benzene rings is 2. The van der Waals surface area contributed by atoms with Crippen molar-refractivity contribution in [1.29, 1.82) is 0 Å². The van der Waals surface area contributed by atoms with Crippen LogP contribution < -0.4 is 10.1 Å². The molecule has 12 heteroatoms. The molecule has 5 atom stereocenters. The maximum Gasteiger partial charge on any atom is 0.407 e. The highest BCUT2D eigenvalue weighted by molar-refractivity contribution is 7.89. The number of nitrogens with one attached hydrogen (secondary N) is 1. The molecule has 1 amide bonds. The molecule has 0 aromatic heterocycles. The number of hydrogen-bond acceptors (Lipinski definition) is 9. The van der Waals surface area contributed by atoms with Gasteiger partial charge in [0.15, 0.2) is 6.29 Å². The summed E-state index contributed by atoms with van der Waals surface area (Å²) in [6.45, 7) is 4.42. The SMILES string of the molecule is COc1ccc(S(=O)(=O)N(CC(C)C)C[C@@H](O)[C@H](Cc2ccc(O)cc2)NC(=O)OC2CO[C@H]3OCCC23)cc1. The van der Waals surface area contributed by atoms with Crippen molar-refractivity contribution in [3.63, 3.8) is 0 Å². The van der Waals surface area contributed by atoms with Gasteiger partial charge in [-0.3, -0.25) is 0 Å². The molecule has 2 aliphatic heterocycles. The van der Waals surface area contributed by atoms with E-state index in [0.717, 1.165) is 12.0 Å². The minimum absolute atomic E-state index is 0.0300. The number of phenolic OH excluding ortho intramolecular Hbond substituents is 1. The van der Waals surface area contributed by atoms with E-state index in [2.05, 4.69) is 5.32 Å². The standard InChI is InChI=1S/C28H38N2O9S/c1-18(2)15-30(40(34,35)22-10-8-21(36-3)9-11-22)16-25(32)24(14-19-4-6-20(31)7-5-19)29-28(33)39-26-17-38-27-23(26)12-13-37-27/h4-11,18,23-27,31-32H,12-17H2,1-3H3,(H,29,33)/t23?,24-,25+,26?,27+/m0/s1. The van der Waals surface area contributed by atoms with E-state index in [1.807, 2.05) is 13.8 Å². The van der Waals surface area contributed by atoms with Crippen molar-refractivity contribution in [2.75, 3.05) is 33.4 Å². The zero-order valence-corrected chi connectivity index (χ0v) is 23.7. The fourth-order valence-corrected chi connectivity index (χ4v) is 6.57. The number of ether oxygens (including phenoxy) is 4. The third-order valence-corrected chi connectivity index (χ3v) is 8.91. The van der Waals surface area contributed by atoms with Crippen LogP contribution in [0.1, 0.15) is 25.8 Å². The summed E-state index contributed by atoms with van der Waals surface area (Å²) in [6, 6.07) is 11.5. The van der Waals surface area contributed by atoms with E-state index >= 15 is 0 Å². The molecule has 2 unspecified atom stereocenters. The fourth-order valence-electron chi connectivity index (χ4n) is 4.95. The quantitative estimate of drug-likeness (QED) is 0.346. The van der Waals surface area contributed by atoms with E-state index in [1.165, 1.54) is 35.7 Å². The number of hydrogen-bond donors (Lipinski definition) is 3. The molecule has 0 saturated carbocycles. The van der Waals surface area contributed by atoms with Crippen molar-refractivity contribution in [2.24, 2.45) is 11.8 Å². The molecular weight excluding hydrogens is 540 g/mol. The zero-order valence-electron chi connectivity index (χ0n) is 22.9. The molecule has 4 rings (SSSR count). The minimum atomic E-state index is -3.97. The van der Waals surface area contributed by atoms with Crippen LogP contribution in [0.2, 0.25) is 0 Å². The number of amides is 1. The Bertz CT molecular complexity index is 1220. The zero-order chi connectivity index (χ0) is 28.9. The van der Waals surface area contributed by atoms with Crippen molar-refractivity contribution in [3.8, 4) is 11.5 Å². The summed E-state index contributed by atoms with van der Waals surface area (Å²) >= 11 is 0. The fraction of sp³-hybridized carbons (Fsp3) is 0.536. The predicted molar refractivity (Wildman–Crippen MR) is 145 cm³/mol. The Morgan fingerprint density at radius 3 is 2.45 bits per heavy atom. The first-order valence-electron chi connectivity index (χ1n) is 13.4. The number of carbonyl (C=O) groups is 1. The summed E-state index contributed by atoms with van der Waals surface area (Å²) in [6.07, 6.45) is -2.00. The highest BCUT2D eigenvalue weighted by Gasteiger charge is 2.44. The number of fused-ring (bicyclic) bond motifs is 1. The summed E-state index contributed by atoms with van der Waals surface area (Å²) in [4.78, 5) is 13.0. The van der Waals surface area contributed by atoms with Crippen molar-refractivity contribution >= 4 is 16.1 Å². The number of carbonyl (C=O) groups excluding carboxylic acids is 1. The molecule has 3 N–H and O–H groups in total. The first-order chi connectivity index (χ1) is 19.1. The number of aromatic hydroxyl groups is 1. The molecule has 220 valence electrons. The third kappa shape index (κ3) is 7.43. The Kier molecular flexibility index (Phi) is 9.90. The van der Waals surface area contributed by atoms with Gasteiger partial charge in [-0.1, -0.05) is 26.0 Å². The number of nitrogens with zero attached hydrogens (tertiary/aromatic N) is 1. The second-order valence-corrected chi connectivity index (χ2v) is 12.5. The molecule has 2 aromatic rings. The number of alkyl carbamates (subject to hydrolysis) is 1.